The van der Waals surface area contributed by atoms with Crippen LogP contribution < -0.4 is 10.1 Å². The van der Waals surface area contributed by atoms with Gasteiger partial charge in [-0.05, 0) is 49.7 Å². The third-order valence-corrected chi connectivity index (χ3v) is 4.86. The van der Waals surface area contributed by atoms with Crippen molar-refractivity contribution in [2.24, 2.45) is 5.92 Å². The minimum atomic E-state index is 0.616. The first-order valence-electron chi connectivity index (χ1n) is 8.03. The molecule has 4 heteroatoms. The molecule has 0 radical (unpaired) electrons. The summed E-state index contributed by atoms with van der Waals surface area (Å²) in [5.41, 5.74) is 0. The third kappa shape index (κ3) is 5.61. The minimum absolute atomic E-state index is 0.616. The molecule has 1 fully saturated rings. The fraction of sp³-hybridized carbons (Fsp3) is 0.647. The first-order chi connectivity index (χ1) is 10.2. The molecule has 0 aromatic heterocycles. The lowest BCUT2D eigenvalue weighted by Crippen LogP contribution is -2.43. The molecule has 0 amide bonds. The van der Waals surface area contributed by atoms with Gasteiger partial charge in [0.15, 0.2) is 0 Å². The Bertz CT molecular complexity index is 410. The second-order valence-corrected chi connectivity index (χ2v) is 6.82. The van der Waals surface area contributed by atoms with Crippen molar-refractivity contribution >= 4 is 15.9 Å². The van der Waals surface area contributed by atoms with E-state index in [-0.39, 0.29) is 0 Å². The molecule has 0 bridgehead atoms. The van der Waals surface area contributed by atoms with Gasteiger partial charge < -0.3 is 10.1 Å². The quantitative estimate of drug-likeness (QED) is 0.845. The molecule has 0 aliphatic carbocycles. The molecule has 21 heavy (non-hydrogen) atoms. The third-order valence-electron chi connectivity index (χ3n) is 4.33. The Kier molecular flexibility index (Phi) is 7.00. The van der Waals surface area contributed by atoms with E-state index in [2.05, 4.69) is 40.0 Å². The molecular formula is C17H27BrN2O. The molecule has 1 aliphatic heterocycles. The number of nitrogens with one attached hydrogen (secondary N) is 1. The Labute approximate surface area is 137 Å². The van der Waals surface area contributed by atoms with Crippen LogP contribution in [0.15, 0.2) is 28.7 Å². The van der Waals surface area contributed by atoms with Gasteiger partial charge in [0.05, 0.1) is 0 Å². The summed E-state index contributed by atoms with van der Waals surface area (Å²) in [5, 5.41) is 3.69. The van der Waals surface area contributed by atoms with Gasteiger partial charge >= 0.3 is 0 Å². The van der Waals surface area contributed by atoms with Crippen molar-refractivity contribution in [1.82, 2.24) is 10.2 Å². The highest BCUT2D eigenvalue weighted by molar-refractivity contribution is 9.10. The topological polar surface area (TPSA) is 24.5 Å². The molecule has 3 nitrogen and oxygen atoms in total. The lowest BCUT2D eigenvalue weighted by atomic mass is 9.99. The molecule has 1 heterocycles. The number of ether oxygens (including phenoxy) is 1. The molecule has 0 spiro atoms. The van der Waals surface area contributed by atoms with E-state index in [1.807, 2.05) is 24.3 Å². The molecule has 1 saturated heterocycles. The van der Waals surface area contributed by atoms with Crippen LogP contribution in [0.5, 0.6) is 5.75 Å². The minimum Gasteiger partial charge on any atom is -0.492 e. The number of halogens is 1. The molecule has 0 saturated carbocycles. The predicted molar refractivity (Wildman–Crippen MR) is 91.9 cm³/mol. The van der Waals surface area contributed by atoms with Crippen LogP contribution in [0.25, 0.3) is 0 Å². The van der Waals surface area contributed by atoms with E-state index in [4.69, 9.17) is 4.74 Å². The van der Waals surface area contributed by atoms with Crippen molar-refractivity contribution in [3.05, 3.63) is 28.7 Å². The van der Waals surface area contributed by atoms with Gasteiger partial charge in [-0.15, -0.1) is 0 Å². The summed E-state index contributed by atoms with van der Waals surface area (Å²) in [6, 6.07) is 8.67. The van der Waals surface area contributed by atoms with E-state index < -0.39 is 0 Å². The van der Waals surface area contributed by atoms with Gasteiger partial charge in [0.25, 0.3) is 0 Å². The van der Waals surface area contributed by atoms with Crippen LogP contribution in [-0.4, -0.2) is 43.7 Å². The van der Waals surface area contributed by atoms with Crippen molar-refractivity contribution in [2.75, 3.05) is 32.8 Å². The molecule has 2 rings (SSSR count). The molecule has 2 unspecified atom stereocenters. The Morgan fingerprint density at radius 2 is 2.14 bits per heavy atom. The van der Waals surface area contributed by atoms with Crippen LogP contribution in [0.1, 0.15) is 26.7 Å². The number of hydrogen-bond acceptors (Lipinski definition) is 3. The molecule has 118 valence electrons. The lowest BCUT2D eigenvalue weighted by Gasteiger charge is -2.27. The summed E-state index contributed by atoms with van der Waals surface area (Å²) in [7, 11) is 0. The van der Waals surface area contributed by atoms with Gasteiger partial charge in [0.2, 0.25) is 0 Å². The number of rotatable bonds is 6. The molecular weight excluding hydrogens is 328 g/mol. The number of benzene rings is 1. The van der Waals surface area contributed by atoms with Crippen molar-refractivity contribution in [3.8, 4) is 5.75 Å². The van der Waals surface area contributed by atoms with E-state index in [1.54, 1.807) is 0 Å². The molecule has 2 atom stereocenters. The smallest absolute Gasteiger partial charge is 0.119 e. The van der Waals surface area contributed by atoms with E-state index in [0.29, 0.717) is 6.04 Å². The molecule has 1 aromatic carbocycles. The van der Waals surface area contributed by atoms with E-state index in [1.165, 1.54) is 19.4 Å². The van der Waals surface area contributed by atoms with Gasteiger partial charge in [-0.2, -0.15) is 0 Å². The summed E-state index contributed by atoms with van der Waals surface area (Å²) >= 11 is 3.44. The highest BCUT2D eigenvalue weighted by Crippen LogP contribution is 2.16. The average Bonchev–Trinajstić information content (AvgIpc) is 2.74. The maximum absolute atomic E-state index is 5.84. The fourth-order valence-electron chi connectivity index (χ4n) is 2.72. The highest BCUT2D eigenvalue weighted by atomic mass is 79.9. The van der Waals surface area contributed by atoms with Crippen molar-refractivity contribution < 1.29 is 4.74 Å². The first kappa shape index (κ1) is 16.8. The van der Waals surface area contributed by atoms with Crippen molar-refractivity contribution in [3.63, 3.8) is 0 Å². The summed E-state index contributed by atoms with van der Waals surface area (Å²) < 4.78 is 6.93. The van der Waals surface area contributed by atoms with E-state index in [9.17, 15) is 0 Å². The average molecular weight is 355 g/mol. The van der Waals surface area contributed by atoms with Crippen molar-refractivity contribution in [2.45, 2.75) is 32.7 Å². The zero-order valence-corrected chi connectivity index (χ0v) is 14.7. The molecule has 1 aromatic rings. The van der Waals surface area contributed by atoms with Crippen LogP contribution >= 0.6 is 15.9 Å². The largest absolute Gasteiger partial charge is 0.492 e. The van der Waals surface area contributed by atoms with Crippen LogP contribution in [-0.2, 0) is 0 Å². The summed E-state index contributed by atoms with van der Waals surface area (Å²) in [4.78, 5) is 2.54. The number of nitrogens with zero attached hydrogens (tertiary/aromatic N) is 1. The predicted octanol–water partition coefficient (Wildman–Crippen LogP) is 3.54. The summed E-state index contributed by atoms with van der Waals surface area (Å²) in [5.74, 6) is 1.68. The lowest BCUT2D eigenvalue weighted by molar-refractivity contribution is 0.193. The zero-order chi connectivity index (χ0) is 15.1. The second-order valence-electron chi connectivity index (χ2n) is 5.90. The zero-order valence-electron chi connectivity index (χ0n) is 13.1. The maximum Gasteiger partial charge on any atom is 0.119 e. The monoisotopic (exact) mass is 354 g/mol. The highest BCUT2D eigenvalue weighted by Gasteiger charge is 2.21. The Morgan fingerprint density at radius 1 is 1.38 bits per heavy atom. The molecule has 1 aliphatic rings. The van der Waals surface area contributed by atoms with Crippen molar-refractivity contribution in [1.29, 1.82) is 0 Å². The van der Waals surface area contributed by atoms with Gasteiger partial charge in [-0.3, -0.25) is 4.90 Å². The van der Waals surface area contributed by atoms with Gasteiger partial charge in [-0.1, -0.05) is 36.2 Å². The van der Waals surface area contributed by atoms with E-state index >= 15 is 0 Å². The number of hydrogen-bond donors (Lipinski definition) is 1. The van der Waals surface area contributed by atoms with Crippen LogP contribution in [0, 0.1) is 5.92 Å². The van der Waals surface area contributed by atoms with Crippen LogP contribution in [0.3, 0.4) is 0 Å². The summed E-state index contributed by atoms with van der Waals surface area (Å²) in [6.07, 6.45) is 2.46. The molecule has 1 N–H and O–H groups in total. The standard InChI is InChI=1S/C17H27BrN2O/c1-3-14(2)17-13-20(10-4-9-19-17)11-12-21-16-7-5-15(18)6-8-16/h5-8,14,17,19H,3-4,9-13H2,1-2H3. The Balaban J connectivity index is 1.77. The first-order valence-corrected chi connectivity index (χ1v) is 8.82. The Hall–Kier alpha value is -0.580. The fourth-order valence-corrected chi connectivity index (χ4v) is 2.98. The normalized spacial score (nSPS) is 21.8. The van der Waals surface area contributed by atoms with E-state index in [0.717, 1.165) is 42.4 Å². The summed E-state index contributed by atoms with van der Waals surface area (Å²) in [6.45, 7) is 9.83. The maximum atomic E-state index is 5.84. The Morgan fingerprint density at radius 3 is 2.86 bits per heavy atom. The van der Waals surface area contributed by atoms with Gasteiger partial charge in [0.1, 0.15) is 12.4 Å². The van der Waals surface area contributed by atoms with Crippen LogP contribution in [0.2, 0.25) is 0 Å². The van der Waals surface area contributed by atoms with Gasteiger partial charge in [-0.25, -0.2) is 0 Å². The SMILES string of the molecule is CCC(C)C1CN(CCOc2ccc(Br)cc2)CCCN1. The second kappa shape index (κ2) is 8.76. The van der Waals surface area contributed by atoms with Crippen LogP contribution in [0.4, 0.5) is 0 Å². The van der Waals surface area contributed by atoms with Gasteiger partial charge in [0, 0.05) is 23.6 Å².